The topological polar surface area (TPSA) is 152 Å². The number of benzene rings is 2. The lowest BCUT2D eigenvalue weighted by atomic mass is 9.98. The summed E-state index contributed by atoms with van der Waals surface area (Å²) in [5.74, 6) is -1.70. The zero-order valence-electron chi connectivity index (χ0n) is 27.3. The highest BCUT2D eigenvalue weighted by molar-refractivity contribution is 7.89. The molecule has 1 amide bonds. The number of aromatic nitrogens is 1. The molecule has 3 aromatic rings. The molecule has 3 aliphatic rings. The molecule has 3 heterocycles. The van der Waals surface area contributed by atoms with Gasteiger partial charge in [0.1, 0.15) is 23.3 Å². The van der Waals surface area contributed by atoms with E-state index in [4.69, 9.17) is 18.6 Å². The van der Waals surface area contributed by atoms with Crippen molar-refractivity contribution in [1.29, 1.82) is 0 Å². The molecule has 7 atom stereocenters. The van der Waals surface area contributed by atoms with Crippen LogP contribution in [0.3, 0.4) is 0 Å². The largest absolute Gasteiger partial charge is 0.445 e. The molecule has 3 fully saturated rings. The number of fused-ring (bicyclic) bond motifs is 2. The summed E-state index contributed by atoms with van der Waals surface area (Å²) in [7, 11) is -4.21. The molecule has 0 spiro atoms. The lowest BCUT2D eigenvalue weighted by Gasteiger charge is -2.31. The number of oxazole rings is 1. The van der Waals surface area contributed by atoms with Gasteiger partial charge >= 0.3 is 6.09 Å². The van der Waals surface area contributed by atoms with Crippen LogP contribution in [0.4, 0.5) is 19.6 Å². The third kappa shape index (κ3) is 7.44. The number of anilines is 1. The number of carbonyl (C=O) groups excluding carboxylic acids is 1. The Morgan fingerprint density at radius 1 is 1.06 bits per heavy atom. The van der Waals surface area contributed by atoms with E-state index in [1.807, 2.05) is 27.7 Å². The first kappa shape index (κ1) is 34.5. The van der Waals surface area contributed by atoms with Crippen LogP contribution in [0, 0.1) is 35.3 Å². The van der Waals surface area contributed by atoms with Gasteiger partial charge in [-0.05, 0) is 62.4 Å². The zero-order valence-corrected chi connectivity index (χ0v) is 28.1. The predicted octanol–water partition coefficient (Wildman–Crippen LogP) is 4.28. The van der Waals surface area contributed by atoms with Gasteiger partial charge in [0.05, 0.1) is 30.3 Å². The van der Waals surface area contributed by atoms with Crippen LogP contribution in [-0.2, 0) is 30.7 Å². The maximum Gasteiger partial charge on any atom is 0.407 e. The highest BCUT2D eigenvalue weighted by Crippen LogP contribution is 2.49. The molecule has 2 aromatic carbocycles. The summed E-state index contributed by atoms with van der Waals surface area (Å²) in [5, 5.41) is 17.3. The quantitative estimate of drug-likeness (QED) is 0.237. The SMILES string of the molecule is CC(C)CN(C[C@@H](O)[C@H](Cc1cc(F)cc(F)c1)NC(=O)O[C@H]1[C@H]2CO[C@H]3OC[C@@H]1[C@H]3C2)S(=O)(=O)c1ccc2nc(NC(C)C)oc2c1. The van der Waals surface area contributed by atoms with E-state index in [9.17, 15) is 27.1 Å². The smallest absolute Gasteiger partial charge is 0.407 e. The van der Waals surface area contributed by atoms with Crippen LogP contribution in [0.1, 0.15) is 39.7 Å². The van der Waals surface area contributed by atoms with Crippen molar-refractivity contribution in [2.75, 3.05) is 31.6 Å². The van der Waals surface area contributed by atoms with Crippen molar-refractivity contribution in [1.82, 2.24) is 14.6 Å². The first-order valence-electron chi connectivity index (χ1n) is 16.3. The highest BCUT2D eigenvalue weighted by atomic mass is 32.2. The molecule has 0 radical (unpaired) electrons. The second-order valence-corrected chi connectivity index (χ2v) is 15.6. The molecular formula is C33H42F2N4O8S. The average molecular weight is 693 g/mol. The van der Waals surface area contributed by atoms with Gasteiger partial charge in [-0.1, -0.05) is 13.8 Å². The number of hydrogen-bond donors (Lipinski definition) is 3. The number of aliphatic hydroxyl groups excluding tert-OH is 1. The van der Waals surface area contributed by atoms with Gasteiger partial charge in [0.25, 0.3) is 6.01 Å². The van der Waals surface area contributed by atoms with Crippen LogP contribution < -0.4 is 10.6 Å². The molecule has 1 aromatic heterocycles. The fourth-order valence-electron chi connectivity index (χ4n) is 6.96. The van der Waals surface area contributed by atoms with Crippen LogP contribution in [0.2, 0.25) is 0 Å². The monoisotopic (exact) mass is 692 g/mol. The molecule has 0 unspecified atom stereocenters. The number of carbonyl (C=O) groups is 1. The van der Waals surface area contributed by atoms with Gasteiger partial charge in [0.15, 0.2) is 11.9 Å². The van der Waals surface area contributed by atoms with Crippen molar-refractivity contribution < 1.29 is 45.7 Å². The minimum atomic E-state index is -4.21. The first-order chi connectivity index (χ1) is 22.8. The molecule has 2 bridgehead atoms. The highest BCUT2D eigenvalue weighted by Gasteiger charge is 2.56. The first-order valence-corrected chi connectivity index (χ1v) is 17.7. The Bertz CT molecular complexity index is 1720. The van der Waals surface area contributed by atoms with Crippen LogP contribution >= 0.6 is 0 Å². The number of amides is 1. The summed E-state index contributed by atoms with van der Waals surface area (Å²) in [5.41, 5.74) is 0.893. The number of hydrogen-bond acceptors (Lipinski definition) is 10. The minimum absolute atomic E-state index is 0.00259. The van der Waals surface area contributed by atoms with Gasteiger partial charge in [0, 0.05) is 49.0 Å². The van der Waals surface area contributed by atoms with Crippen LogP contribution in [0.15, 0.2) is 45.7 Å². The van der Waals surface area contributed by atoms with E-state index in [1.165, 1.54) is 12.1 Å². The van der Waals surface area contributed by atoms with Crippen molar-refractivity contribution in [3.05, 3.63) is 53.6 Å². The van der Waals surface area contributed by atoms with Gasteiger partial charge in [-0.2, -0.15) is 9.29 Å². The van der Waals surface area contributed by atoms with Crippen LogP contribution in [0.5, 0.6) is 0 Å². The minimum Gasteiger partial charge on any atom is -0.445 e. The number of rotatable bonds is 13. The molecule has 6 rings (SSSR count). The van der Waals surface area contributed by atoms with Crippen molar-refractivity contribution in [2.45, 2.75) is 76.0 Å². The number of aliphatic hydroxyl groups is 1. The summed E-state index contributed by atoms with van der Waals surface area (Å²) in [6.07, 6.45) is -2.51. The van der Waals surface area contributed by atoms with E-state index in [-0.39, 0.29) is 71.0 Å². The Morgan fingerprint density at radius 3 is 2.50 bits per heavy atom. The molecule has 12 nitrogen and oxygen atoms in total. The Labute approximate surface area is 278 Å². The summed E-state index contributed by atoms with van der Waals surface area (Å²) < 4.78 is 80.6. The molecule has 262 valence electrons. The molecular weight excluding hydrogens is 650 g/mol. The second kappa shape index (κ2) is 13.9. The summed E-state index contributed by atoms with van der Waals surface area (Å²) >= 11 is 0. The number of nitrogens with zero attached hydrogens (tertiary/aromatic N) is 2. The van der Waals surface area contributed by atoms with Gasteiger partial charge in [-0.15, -0.1) is 0 Å². The fraction of sp³-hybridized carbons (Fsp3) is 0.576. The molecule has 48 heavy (non-hydrogen) atoms. The van der Waals surface area contributed by atoms with E-state index in [1.54, 1.807) is 6.07 Å². The van der Waals surface area contributed by atoms with Crippen molar-refractivity contribution in [2.24, 2.45) is 23.7 Å². The van der Waals surface area contributed by atoms with E-state index < -0.39 is 52.5 Å². The molecule has 1 aliphatic carbocycles. The van der Waals surface area contributed by atoms with Crippen LogP contribution in [0.25, 0.3) is 11.1 Å². The van der Waals surface area contributed by atoms with E-state index in [2.05, 4.69) is 15.6 Å². The Kier molecular flexibility index (Phi) is 9.96. The summed E-state index contributed by atoms with van der Waals surface area (Å²) in [6.45, 7) is 7.89. The Hall–Kier alpha value is -3.37. The lowest BCUT2D eigenvalue weighted by Crippen LogP contribution is -2.52. The van der Waals surface area contributed by atoms with Gasteiger partial charge < -0.3 is 34.4 Å². The third-order valence-electron chi connectivity index (χ3n) is 9.05. The lowest BCUT2D eigenvalue weighted by molar-refractivity contribution is -0.169. The van der Waals surface area contributed by atoms with Crippen molar-refractivity contribution in [3.63, 3.8) is 0 Å². The number of halogens is 2. The number of alkyl carbamates (subject to hydrolysis) is 1. The maximum atomic E-state index is 14.2. The zero-order chi connectivity index (χ0) is 34.3. The van der Waals surface area contributed by atoms with E-state index in [0.717, 1.165) is 28.9 Å². The molecule has 2 aliphatic heterocycles. The third-order valence-corrected chi connectivity index (χ3v) is 10.9. The Morgan fingerprint density at radius 2 is 1.79 bits per heavy atom. The predicted molar refractivity (Wildman–Crippen MR) is 170 cm³/mol. The maximum absolute atomic E-state index is 14.2. The van der Waals surface area contributed by atoms with Crippen molar-refractivity contribution >= 4 is 33.2 Å². The summed E-state index contributed by atoms with van der Waals surface area (Å²) in [4.78, 5) is 17.6. The fourth-order valence-corrected chi connectivity index (χ4v) is 8.60. The van der Waals surface area contributed by atoms with E-state index in [0.29, 0.717) is 18.7 Å². The average Bonchev–Trinajstić information content (AvgIpc) is 3.66. The number of ether oxygens (including phenoxy) is 3. The van der Waals surface area contributed by atoms with Gasteiger partial charge in [-0.3, -0.25) is 0 Å². The van der Waals surface area contributed by atoms with Crippen LogP contribution in [-0.4, -0.2) is 85.8 Å². The number of sulfonamides is 1. The van der Waals surface area contributed by atoms with E-state index >= 15 is 0 Å². The second-order valence-electron chi connectivity index (χ2n) is 13.7. The Balaban J connectivity index is 1.23. The van der Waals surface area contributed by atoms with Gasteiger partial charge in [-0.25, -0.2) is 22.0 Å². The van der Waals surface area contributed by atoms with Crippen molar-refractivity contribution in [3.8, 4) is 0 Å². The van der Waals surface area contributed by atoms with Gasteiger partial charge in [0.2, 0.25) is 10.0 Å². The molecule has 2 saturated heterocycles. The standard InChI is InChI=1S/C33H42F2N4O8S/c1-17(2)13-39(48(42,43)23-5-6-26-29(12-23)46-32(37-26)36-18(3)4)14-28(40)27(9-19-7-21(34)11-22(35)8-19)38-33(41)47-30-20-10-24-25(30)16-45-31(24)44-15-20/h5-8,11-12,17-18,20,24-25,27-28,30-31,40H,9-10,13-16H2,1-4H3,(H,36,37)(H,38,41)/t20-,24-,25-,27+,28-,30+,31+/m1/s1. The number of nitrogens with one attached hydrogen (secondary N) is 2. The molecule has 15 heteroatoms. The normalized spacial score (nSPS) is 24.8. The molecule has 1 saturated carbocycles. The molecule has 3 N–H and O–H groups in total. The summed E-state index contributed by atoms with van der Waals surface area (Å²) in [6, 6.07) is 6.38.